The topological polar surface area (TPSA) is 69.6 Å². The summed E-state index contributed by atoms with van der Waals surface area (Å²) in [7, 11) is 0. The van der Waals surface area contributed by atoms with E-state index in [4.69, 9.17) is 0 Å². The molecule has 2 atom stereocenters. The number of allylic oxidation sites excluding steroid dienone is 1. The molecule has 0 saturated carbocycles. The Hall–Kier alpha value is -0.870. The van der Waals surface area contributed by atoms with Crippen LogP contribution in [0.2, 0.25) is 0 Å². The molecule has 0 radical (unpaired) electrons. The molecule has 3 N–H and O–H groups in total. The molecule has 78 heavy (non-hydrogen) atoms. The Morgan fingerprint density at radius 2 is 0.474 bits per heavy atom. The lowest BCUT2D eigenvalue weighted by Crippen LogP contribution is -2.45. The van der Waals surface area contributed by atoms with Gasteiger partial charge in [0.25, 0.3) is 0 Å². The molecular formula is C74H147NO3. The van der Waals surface area contributed by atoms with E-state index in [9.17, 15) is 15.0 Å². The van der Waals surface area contributed by atoms with Crippen LogP contribution >= 0.6 is 0 Å². The monoisotopic (exact) mass is 1100 g/mol. The second kappa shape index (κ2) is 70.4. The molecule has 0 spiro atoms. The lowest BCUT2D eigenvalue weighted by Gasteiger charge is -2.20. The summed E-state index contributed by atoms with van der Waals surface area (Å²) >= 11 is 0. The normalized spacial score (nSPS) is 12.6. The molecule has 0 aliphatic heterocycles. The number of carbonyl (C=O) groups is 1. The molecule has 0 bridgehead atoms. The fourth-order valence-corrected chi connectivity index (χ4v) is 12.2. The van der Waals surface area contributed by atoms with E-state index in [1.54, 1.807) is 6.08 Å². The first kappa shape index (κ1) is 77.1. The van der Waals surface area contributed by atoms with Crippen LogP contribution in [0.15, 0.2) is 12.2 Å². The van der Waals surface area contributed by atoms with E-state index < -0.39 is 12.1 Å². The molecule has 466 valence electrons. The maximum absolute atomic E-state index is 12.5. The number of amides is 1. The number of nitrogens with one attached hydrogen (secondary N) is 1. The summed E-state index contributed by atoms with van der Waals surface area (Å²) in [5.74, 6) is -0.0527. The number of hydrogen-bond acceptors (Lipinski definition) is 3. The molecule has 4 nitrogen and oxygen atoms in total. The molecule has 0 heterocycles. The van der Waals surface area contributed by atoms with Gasteiger partial charge in [0.15, 0.2) is 0 Å². The van der Waals surface area contributed by atoms with Crippen molar-refractivity contribution in [1.82, 2.24) is 5.32 Å². The lowest BCUT2D eigenvalue weighted by molar-refractivity contribution is -0.123. The Morgan fingerprint density at radius 3 is 0.667 bits per heavy atom. The van der Waals surface area contributed by atoms with Crippen LogP contribution in [-0.2, 0) is 4.79 Å². The van der Waals surface area contributed by atoms with Crippen molar-refractivity contribution in [3.05, 3.63) is 12.2 Å². The fourth-order valence-electron chi connectivity index (χ4n) is 12.2. The Morgan fingerprint density at radius 1 is 0.295 bits per heavy atom. The van der Waals surface area contributed by atoms with E-state index in [0.717, 1.165) is 25.7 Å². The third-order valence-electron chi connectivity index (χ3n) is 17.8. The summed E-state index contributed by atoms with van der Waals surface area (Å²) in [4.78, 5) is 12.5. The van der Waals surface area contributed by atoms with Crippen LogP contribution in [0.5, 0.6) is 0 Å². The summed E-state index contributed by atoms with van der Waals surface area (Å²) in [6, 6.07) is -0.620. The van der Waals surface area contributed by atoms with Gasteiger partial charge in [-0.2, -0.15) is 0 Å². The van der Waals surface area contributed by atoms with Crippen molar-refractivity contribution in [3.63, 3.8) is 0 Å². The molecule has 0 fully saturated rings. The van der Waals surface area contributed by atoms with Gasteiger partial charge in [0.05, 0.1) is 18.8 Å². The highest BCUT2D eigenvalue weighted by molar-refractivity contribution is 5.76. The minimum Gasteiger partial charge on any atom is -0.394 e. The number of aliphatic hydroxyl groups excluding tert-OH is 2. The minimum atomic E-state index is -0.837. The first-order valence-corrected chi connectivity index (χ1v) is 36.9. The van der Waals surface area contributed by atoms with E-state index >= 15 is 0 Å². The second-order valence-corrected chi connectivity index (χ2v) is 25.7. The summed E-state index contributed by atoms with van der Waals surface area (Å²) < 4.78 is 0. The molecule has 0 saturated heterocycles. The van der Waals surface area contributed by atoms with Crippen LogP contribution in [0.25, 0.3) is 0 Å². The van der Waals surface area contributed by atoms with Crippen molar-refractivity contribution < 1.29 is 15.0 Å². The molecule has 4 heteroatoms. The number of rotatable bonds is 70. The van der Waals surface area contributed by atoms with Crippen molar-refractivity contribution >= 4 is 5.91 Å². The van der Waals surface area contributed by atoms with Gasteiger partial charge < -0.3 is 15.5 Å². The molecule has 0 aliphatic rings. The molecular weight excluding hydrogens is 951 g/mol. The maximum Gasteiger partial charge on any atom is 0.220 e. The van der Waals surface area contributed by atoms with E-state index in [0.29, 0.717) is 6.42 Å². The van der Waals surface area contributed by atoms with Gasteiger partial charge in [-0.05, 0) is 19.3 Å². The third-order valence-corrected chi connectivity index (χ3v) is 17.8. The van der Waals surface area contributed by atoms with Crippen molar-refractivity contribution in [2.24, 2.45) is 0 Å². The maximum atomic E-state index is 12.5. The number of hydrogen-bond donors (Lipinski definition) is 3. The quantitative estimate of drug-likeness (QED) is 0.0420. The first-order chi connectivity index (χ1) is 38.7. The number of aliphatic hydroxyl groups is 2. The van der Waals surface area contributed by atoms with Crippen molar-refractivity contribution in [1.29, 1.82) is 0 Å². The second-order valence-electron chi connectivity index (χ2n) is 25.7. The smallest absolute Gasteiger partial charge is 0.220 e. The Labute approximate surface area is 492 Å². The Balaban J connectivity index is 3.35. The first-order valence-electron chi connectivity index (χ1n) is 36.9. The van der Waals surface area contributed by atoms with Crippen LogP contribution in [0.3, 0.4) is 0 Å². The van der Waals surface area contributed by atoms with Gasteiger partial charge in [0.1, 0.15) is 0 Å². The van der Waals surface area contributed by atoms with Gasteiger partial charge in [-0.1, -0.05) is 424 Å². The van der Waals surface area contributed by atoms with Gasteiger partial charge >= 0.3 is 0 Å². The highest BCUT2D eigenvalue weighted by atomic mass is 16.3. The predicted octanol–water partition coefficient (Wildman–Crippen LogP) is 25.2. The highest BCUT2D eigenvalue weighted by Crippen LogP contribution is 2.20. The average Bonchev–Trinajstić information content (AvgIpc) is 3.44. The van der Waals surface area contributed by atoms with Gasteiger partial charge in [0, 0.05) is 6.42 Å². The van der Waals surface area contributed by atoms with Crippen LogP contribution in [0.4, 0.5) is 0 Å². The third kappa shape index (κ3) is 65.9. The highest BCUT2D eigenvalue weighted by Gasteiger charge is 2.18. The van der Waals surface area contributed by atoms with E-state index in [-0.39, 0.29) is 12.5 Å². The summed E-state index contributed by atoms with van der Waals surface area (Å²) in [5, 5.41) is 23.3. The lowest BCUT2D eigenvalue weighted by atomic mass is 10.0. The SMILES string of the molecule is CCCCCCCCCCCCCCCCCCCCCCCCC/C=C/C(O)C(CO)NC(=O)CCCCCCCCCCCCCCCCCCCCCCCCCCCCCCCCCCCCCCCCCCC. The minimum absolute atomic E-state index is 0.0527. The molecule has 1 amide bonds. The predicted molar refractivity (Wildman–Crippen MR) is 350 cm³/mol. The van der Waals surface area contributed by atoms with Crippen molar-refractivity contribution in [2.45, 2.75) is 450 Å². The van der Waals surface area contributed by atoms with Crippen LogP contribution in [0.1, 0.15) is 438 Å². The zero-order valence-corrected chi connectivity index (χ0v) is 54.0. The van der Waals surface area contributed by atoms with E-state index in [1.165, 1.54) is 392 Å². The van der Waals surface area contributed by atoms with Gasteiger partial charge in [-0.25, -0.2) is 0 Å². The Bertz CT molecular complexity index is 1110. The Kier molecular flexibility index (Phi) is 69.6. The summed E-state index contributed by atoms with van der Waals surface area (Å²) in [6.45, 7) is 4.37. The molecule has 0 aromatic heterocycles. The molecule has 2 unspecified atom stereocenters. The molecule has 0 rings (SSSR count). The van der Waals surface area contributed by atoms with Crippen LogP contribution in [0, 0.1) is 0 Å². The fraction of sp³-hybridized carbons (Fsp3) is 0.959. The van der Waals surface area contributed by atoms with Gasteiger partial charge in [-0.15, -0.1) is 0 Å². The summed E-state index contributed by atoms with van der Waals surface area (Å²) in [6.07, 6.45) is 94.8. The average molecular weight is 1100 g/mol. The van der Waals surface area contributed by atoms with Gasteiger partial charge in [0.2, 0.25) is 5.91 Å². The van der Waals surface area contributed by atoms with Gasteiger partial charge in [-0.3, -0.25) is 4.79 Å². The molecule has 0 aromatic rings. The van der Waals surface area contributed by atoms with Crippen LogP contribution < -0.4 is 5.32 Å². The zero-order valence-electron chi connectivity index (χ0n) is 54.0. The standard InChI is InChI=1S/C74H147NO3/c1-3-5-7-9-11-13-15-17-19-21-23-25-27-29-30-31-32-33-34-35-36-37-38-39-40-41-42-43-44-46-48-50-52-54-56-58-60-62-64-66-68-70-74(78)75-72(71-76)73(77)69-67-65-63-61-59-57-55-53-51-49-47-45-28-26-24-22-20-18-16-14-12-10-8-6-4-2/h67,69,72-73,76-77H,3-66,68,70-71H2,1-2H3,(H,75,78)/b69-67+. The van der Waals surface area contributed by atoms with Crippen LogP contribution in [-0.4, -0.2) is 34.9 Å². The summed E-state index contributed by atoms with van der Waals surface area (Å²) in [5.41, 5.74) is 0. The number of carbonyl (C=O) groups excluding carboxylic acids is 1. The van der Waals surface area contributed by atoms with E-state index in [2.05, 4.69) is 19.2 Å². The molecule has 0 aliphatic carbocycles. The van der Waals surface area contributed by atoms with Crippen molar-refractivity contribution in [2.75, 3.05) is 6.61 Å². The van der Waals surface area contributed by atoms with E-state index in [1.807, 2.05) is 6.08 Å². The van der Waals surface area contributed by atoms with Crippen molar-refractivity contribution in [3.8, 4) is 0 Å². The largest absolute Gasteiger partial charge is 0.394 e. The zero-order chi connectivity index (χ0) is 56.2. The number of unbranched alkanes of at least 4 members (excludes halogenated alkanes) is 63. The molecule has 0 aromatic carbocycles.